The van der Waals surface area contributed by atoms with Crippen molar-refractivity contribution in [2.75, 3.05) is 0 Å². The molecule has 0 fully saturated rings. The predicted molar refractivity (Wildman–Crippen MR) is 88.3 cm³/mol. The number of carbonyl (C=O) groups excluding carboxylic acids is 4. The zero-order valence-electron chi connectivity index (χ0n) is 14.2. The number of primary amides is 2. The fourth-order valence-corrected chi connectivity index (χ4v) is 1.60. The normalized spacial score (nSPS) is 9.66. The van der Waals surface area contributed by atoms with Gasteiger partial charge < -0.3 is 30.4 Å². The molecule has 2 aromatic rings. The van der Waals surface area contributed by atoms with E-state index in [0.29, 0.717) is 0 Å². The highest BCUT2D eigenvalue weighted by Gasteiger charge is 2.16. The summed E-state index contributed by atoms with van der Waals surface area (Å²) in [6.07, 6.45) is -2.34. The average Bonchev–Trinajstić information content (AvgIpc) is 2.64. The second-order valence-electron chi connectivity index (χ2n) is 4.54. The average molecular weight is 408 g/mol. The lowest BCUT2D eigenvalue weighted by molar-refractivity contribution is -0.0159. The maximum Gasteiger partial charge on any atom is 0.440 e. The zero-order valence-corrected chi connectivity index (χ0v) is 14.2. The molecule has 29 heavy (non-hydrogen) atoms. The molecule has 2 aromatic heterocycles. The van der Waals surface area contributed by atoms with E-state index in [0.717, 1.165) is 0 Å². The highest BCUT2D eigenvalue weighted by Crippen LogP contribution is 2.24. The summed E-state index contributed by atoms with van der Waals surface area (Å²) < 4.78 is 18.6. The maximum atomic E-state index is 11.6. The standard InChI is InChI=1S/C14H12N6O9/c15-11(21)25-7-3-1-5-17-9(7)27-13(23)19-29-20-14(24)28-10-8(26-12(16)22)4-2-6-18-10/h1-6H,(H2,15,21)(H2,16,22)(H,19,23)(H,20,24). The van der Waals surface area contributed by atoms with Crippen LogP contribution in [0.3, 0.4) is 0 Å². The molecule has 15 nitrogen and oxygen atoms in total. The van der Waals surface area contributed by atoms with E-state index in [1.165, 1.54) is 36.7 Å². The second-order valence-corrected chi connectivity index (χ2v) is 4.54. The first-order valence-electron chi connectivity index (χ1n) is 7.31. The fourth-order valence-electron chi connectivity index (χ4n) is 1.60. The topological polar surface area (TPSA) is 216 Å². The van der Waals surface area contributed by atoms with Gasteiger partial charge in [0.15, 0.2) is 11.5 Å². The minimum atomic E-state index is -1.26. The van der Waals surface area contributed by atoms with Crippen molar-refractivity contribution in [3.8, 4) is 23.3 Å². The van der Waals surface area contributed by atoms with Crippen LogP contribution in [-0.2, 0) is 4.94 Å². The van der Waals surface area contributed by atoms with E-state index in [9.17, 15) is 19.2 Å². The Labute approximate surface area is 160 Å². The van der Waals surface area contributed by atoms with Crippen molar-refractivity contribution in [3.05, 3.63) is 36.7 Å². The van der Waals surface area contributed by atoms with Crippen LogP contribution < -0.4 is 41.4 Å². The van der Waals surface area contributed by atoms with Crippen molar-refractivity contribution in [2.45, 2.75) is 0 Å². The number of nitrogens with zero attached hydrogens (tertiary/aromatic N) is 2. The molecule has 0 spiro atoms. The molecule has 0 aliphatic carbocycles. The van der Waals surface area contributed by atoms with Crippen LogP contribution in [0.5, 0.6) is 23.3 Å². The summed E-state index contributed by atoms with van der Waals surface area (Å²) in [5, 5.41) is 0. The third-order valence-corrected chi connectivity index (χ3v) is 2.54. The van der Waals surface area contributed by atoms with Crippen LogP contribution in [0, 0.1) is 0 Å². The van der Waals surface area contributed by atoms with Crippen molar-refractivity contribution in [1.29, 1.82) is 0 Å². The van der Waals surface area contributed by atoms with Crippen LogP contribution in [0.4, 0.5) is 19.2 Å². The number of pyridine rings is 2. The molecule has 0 unspecified atom stereocenters. The highest BCUT2D eigenvalue weighted by atomic mass is 16.8. The molecule has 152 valence electrons. The summed E-state index contributed by atoms with van der Waals surface area (Å²) in [5.41, 5.74) is 13.1. The zero-order chi connectivity index (χ0) is 21.2. The van der Waals surface area contributed by atoms with Crippen molar-refractivity contribution in [1.82, 2.24) is 20.9 Å². The number of amides is 4. The number of nitrogens with one attached hydrogen (secondary N) is 2. The van der Waals surface area contributed by atoms with Gasteiger partial charge in [0.25, 0.3) is 11.8 Å². The summed E-state index contributed by atoms with van der Waals surface area (Å²) >= 11 is 0. The number of carbonyl (C=O) groups is 4. The molecule has 0 saturated carbocycles. The van der Waals surface area contributed by atoms with E-state index in [-0.39, 0.29) is 11.5 Å². The van der Waals surface area contributed by atoms with Crippen LogP contribution in [-0.4, -0.2) is 34.3 Å². The van der Waals surface area contributed by atoms with Crippen molar-refractivity contribution in [2.24, 2.45) is 11.5 Å². The lowest BCUT2D eigenvalue weighted by Crippen LogP contribution is -2.37. The number of ether oxygens (including phenoxy) is 4. The molecule has 15 heteroatoms. The van der Waals surface area contributed by atoms with Gasteiger partial charge >= 0.3 is 24.4 Å². The SMILES string of the molecule is NC(=O)Oc1cccnc1OC(=O)NONC(=O)Oc1ncccc1OC(N)=O. The first kappa shape index (κ1) is 20.6. The minimum absolute atomic E-state index is 0.236. The number of rotatable bonds is 6. The molecule has 0 bridgehead atoms. The van der Waals surface area contributed by atoms with Gasteiger partial charge in [-0.05, 0) is 24.3 Å². The third-order valence-electron chi connectivity index (χ3n) is 2.54. The molecule has 0 atom stereocenters. The van der Waals surface area contributed by atoms with Gasteiger partial charge in [0.05, 0.1) is 0 Å². The van der Waals surface area contributed by atoms with Crippen LogP contribution in [0.2, 0.25) is 0 Å². The third kappa shape index (κ3) is 6.87. The highest BCUT2D eigenvalue weighted by molar-refractivity contribution is 5.73. The Morgan fingerprint density at radius 3 is 1.52 bits per heavy atom. The molecular formula is C14H12N6O9. The van der Waals surface area contributed by atoms with Gasteiger partial charge in [-0.2, -0.15) is 11.0 Å². The molecule has 0 aliphatic rings. The number of hydrogen-bond acceptors (Lipinski definition) is 11. The van der Waals surface area contributed by atoms with Crippen molar-refractivity contribution < 1.29 is 43.1 Å². The Morgan fingerprint density at radius 1 is 0.724 bits per heavy atom. The quantitative estimate of drug-likeness (QED) is 0.470. The molecule has 4 amide bonds. The van der Waals surface area contributed by atoms with Crippen LogP contribution >= 0.6 is 0 Å². The Hall–Kier alpha value is -4.66. The summed E-state index contributed by atoms with van der Waals surface area (Å²) in [6, 6.07) is 5.31. The van der Waals surface area contributed by atoms with Gasteiger partial charge in [0.2, 0.25) is 0 Å². The molecule has 0 radical (unpaired) electrons. The molecule has 0 aromatic carbocycles. The Balaban J connectivity index is 1.83. The van der Waals surface area contributed by atoms with E-state index < -0.39 is 36.1 Å². The van der Waals surface area contributed by atoms with Gasteiger partial charge in [-0.1, -0.05) is 0 Å². The van der Waals surface area contributed by atoms with Crippen LogP contribution in [0.15, 0.2) is 36.7 Å². The van der Waals surface area contributed by atoms with Gasteiger partial charge in [-0.3, -0.25) is 0 Å². The number of hydroxylamine groups is 2. The first-order valence-corrected chi connectivity index (χ1v) is 7.31. The van der Waals surface area contributed by atoms with Gasteiger partial charge in [-0.15, -0.1) is 4.94 Å². The van der Waals surface area contributed by atoms with Crippen molar-refractivity contribution >= 4 is 24.4 Å². The van der Waals surface area contributed by atoms with E-state index in [4.69, 9.17) is 20.9 Å². The van der Waals surface area contributed by atoms with Crippen LogP contribution in [0.25, 0.3) is 0 Å². The molecule has 2 rings (SSSR count). The Kier molecular flexibility index (Phi) is 7.03. The summed E-state index contributed by atoms with van der Waals surface area (Å²) in [5.74, 6) is -1.28. The van der Waals surface area contributed by atoms with Crippen molar-refractivity contribution in [3.63, 3.8) is 0 Å². The van der Waals surface area contributed by atoms with E-state index >= 15 is 0 Å². The Bertz CT molecular complexity index is 848. The van der Waals surface area contributed by atoms with Gasteiger partial charge in [-0.25, -0.2) is 29.1 Å². The van der Waals surface area contributed by atoms with E-state index in [1.54, 1.807) is 11.0 Å². The first-order chi connectivity index (χ1) is 13.8. The largest absolute Gasteiger partial charge is 0.440 e. The molecule has 0 saturated heterocycles. The Morgan fingerprint density at radius 2 is 1.14 bits per heavy atom. The monoisotopic (exact) mass is 408 g/mol. The number of nitrogens with two attached hydrogens (primary N) is 2. The molecule has 2 heterocycles. The molecule has 6 N–H and O–H groups in total. The lowest BCUT2D eigenvalue weighted by atomic mass is 10.4. The molecular weight excluding hydrogens is 396 g/mol. The minimum Gasteiger partial charge on any atom is -0.405 e. The molecule has 0 aliphatic heterocycles. The van der Waals surface area contributed by atoms with E-state index in [1.807, 2.05) is 0 Å². The van der Waals surface area contributed by atoms with E-state index in [2.05, 4.69) is 24.4 Å². The maximum absolute atomic E-state index is 11.6. The summed E-state index contributed by atoms with van der Waals surface area (Å²) in [7, 11) is 0. The van der Waals surface area contributed by atoms with Crippen LogP contribution in [0.1, 0.15) is 0 Å². The summed E-state index contributed by atoms with van der Waals surface area (Å²) in [6.45, 7) is 0. The number of hydrogen-bond donors (Lipinski definition) is 4. The predicted octanol–water partition coefficient (Wildman–Crippen LogP) is 0.115. The summed E-state index contributed by atoms with van der Waals surface area (Å²) in [4.78, 5) is 56.5. The smallest absolute Gasteiger partial charge is 0.405 e. The second kappa shape index (κ2) is 9.88. The number of aromatic nitrogens is 2. The van der Waals surface area contributed by atoms with Gasteiger partial charge in [0, 0.05) is 12.4 Å². The van der Waals surface area contributed by atoms with Gasteiger partial charge in [0.1, 0.15) is 0 Å². The lowest BCUT2D eigenvalue weighted by Gasteiger charge is -2.10. The fraction of sp³-hybridized carbons (Fsp3) is 0.